The molecule has 1 aliphatic rings. The zero-order valence-electron chi connectivity index (χ0n) is 17.8. The van der Waals surface area contributed by atoms with Crippen LogP contribution in [0.15, 0.2) is 76.5 Å². The molecule has 0 unspecified atom stereocenters. The van der Waals surface area contributed by atoms with E-state index in [-0.39, 0.29) is 42.5 Å². The number of nitrogens with one attached hydrogen (secondary N) is 2. The zero-order chi connectivity index (χ0) is 23.2. The van der Waals surface area contributed by atoms with Crippen molar-refractivity contribution in [1.82, 2.24) is 15.6 Å². The number of nitrogens with zero attached hydrogens (tertiary/aromatic N) is 1. The summed E-state index contributed by atoms with van der Waals surface area (Å²) in [4.78, 5) is 41.1. The van der Waals surface area contributed by atoms with Crippen molar-refractivity contribution in [1.29, 1.82) is 0 Å². The molecule has 9 heteroatoms. The van der Waals surface area contributed by atoms with Crippen molar-refractivity contribution in [2.24, 2.45) is 0 Å². The van der Waals surface area contributed by atoms with E-state index in [0.29, 0.717) is 11.3 Å². The zero-order valence-corrected chi connectivity index (χ0v) is 17.8. The molecule has 0 bridgehead atoms. The molecule has 0 fully saturated rings. The van der Waals surface area contributed by atoms with Crippen molar-refractivity contribution >= 4 is 18.0 Å². The third-order valence-corrected chi connectivity index (χ3v) is 4.87. The van der Waals surface area contributed by atoms with Crippen molar-refractivity contribution < 1.29 is 28.3 Å². The molecule has 4 rings (SSSR count). The molecular weight excluding hydrogens is 426 g/mol. The summed E-state index contributed by atoms with van der Waals surface area (Å²) in [6.07, 6.45) is 1.59. The molecule has 0 saturated heterocycles. The first-order valence-electron chi connectivity index (χ1n) is 10.3. The van der Waals surface area contributed by atoms with Gasteiger partial charge >= 0.3 is 18.0 Å². The minimum Gasteiger partial charge on any atom is -0.463 e. The fourth-order valence-corrected chi connectivity index (χ4v) is 3.27. The standard InChI is InChI=1S/C24H21N3O6/c1-2-31-23(29)18-12-26-24(30)27-19(18)14-32-22(28)17-11-7-6-10-16(17)21-25-13-20(33-21)15-8-4-3-5-9-15/h3-11,13H,2,12,14H2,1H3,(H2,26,27,30). The Bertz CT molecular complexity index is 1220. The number of amides is 2. The fourth-order valence-electron chi connectivity index (χ4n) is 3.27. The molecule has 0 aliphatic carbocycles. The number of ether oxygens (including phenoxy) is 2. The first-order chi connectivity index (χ1) is 16.1. The van der Waals surface area contributed by atoms with Gasteiger partial charge in [-0.05, 0) is 19.1 Å². The lowest BCUT2D eigenvalue weighted by molar-refractivity contribution is -0.138. The van der Waals surface area contributed by atoms with E-state index in [9.17, 15) is 14.4 Å². The van der Waals surface area contributed by atoms with E-state index in [2.05, 4.69) is 15.6 Å². The van der Waals surface area contributed by atoms with Gasteiger partial charge in [-0.1, -0.05) is 42.5 Å². The van der Waals surface area contributed by atoms with Crippen LogP contribution in [0.1, 0.15) is 17.3 Å². The number of carbonyl (C=O) groups excluding carboxylic acids is 3. The van der Waals surface area contributed by atoms with E-state index >= 15 is 0 Å². The van der Waals surface area contributed by atoms with Gasteiger partial charge in [-0.3, -0.25) is 0 Å². The van der Waals surface area contributed by atoms with Crippen LogP contribution >= 0.6 is 0 Å². The van der Waals surface area contributed by atoms with E-state index in [4.69, 9.17) is 13.9 Å². The maximum atomic E-state index is 12.9. The van der Waals surface area contributed by atoms with Gasteiger partial charge in [0.2, 0.25) is 5.89 Å². The number of carbonyl (C=O) groups is 3. The molecule has 33 heavy (non-hydrogen) atoms. The Balaban J connectivity index is 1.55. The highest BCUT2D eigenvalue weighted by Gasteiger charge is 2.25. The van der Waals surface area contributed by atoms with Crippen LogP contribution in [0.25, 0.3) is 22.8 Å². The number of esters is 2. The van der Waals surface area contributed by atoms with Gasteiger partial charge in [-0.25, -0.2) is 19.4 Å². The number of aromatic nitrogens is 1. The Kier molecular flexibility index (Phi) is 6.49. The van der Waals surface area contributed by atoms with Crippen molar-refractivity contribution in [2.45, 2.75) is 6.92 Å². The minimum atomic E-state index is -0.659. The smallest absolute Gasteiger partial charge is 0.339 e. The number of hydrogen-bond donors (Lipinski definition) is 2. The predicted molar refractivity (Wildman–Crippen MR) is 118 cm³/mol. The monoisotopic (exact) mass is 447 g/mol. The van der Waals surface area contributed by atoms with Crippen LogP contribution in [0.3, 0.4) is 0 Å². The molecule has 2 N–H and O–H groups in total. The number of rotatable bonds is 7. The number of oxazole rings is 1. The van der Waals surface area contributed by atoms with E-state index in [0.717, 1.165) is 5.56 Å². The number of hydrogen-bond acceptors (Lipinski definition) is 7. The second-order valence-corrected chi connectivity index (χ2v) is 7.00. The van der Waals surface area contributed by atoms with Gasteiger partial charge in [0.25, 0.3) is 0 Å². The molecule has 0 radical (unpaired) electrons. The molecule has 2 amide bonds. The summed E-state index contributed by atoms with van der Waals surface area (Å²) in [5.41, 5.74) is 1.91. The average molecular weight is 447 g/mol. The van der Waals surface area contributed by atoms with Crippen LogP contribution in [0.4, 0.5) is 4.79 Å². The highest BCUT2D eigenvalue weighted by atomic mass is 16.5. The van der Waals surface area contributed by atoms with E-state index in [1.54, 1.807) is 37.4 Å². The minimum absolute atomic E-state index is 0.0211. The summed E-state index contributed by atoms with van der Waals surface area (Å²) in [6, 6.07) is 15.7. The SMILES string of the molecule is CCOC(=O)C1=C(COC(=O)c2ccccc2-c2ncc(-c3ccccc3)o2)NC(=O)NC1. The Labute approximate surface area is 189 Å². The molecule has 9 nitrogen and oxygen atoms in total. The molecule has 168 valence electrons. The van der Waals surface area contributed by atoms with E-state index in [1.165, 1.54) is 0 Å². The van der Waals surface area contributed by atoms with Gasteiger partial charge in [-0.15, -0.1) is 0 Å². The Morgan fingerprint density at radius 2 is 1.79 bits per heavy atom. The maximum Gasteiger partial charge on any atom is 0.339 e. The quantitative estimate of drug-likeness (QED) is 0.533. The van der Waals surface area contributed by atoms with Gasteiger partial charge in [0.1, 0.15) is 6.61 Å². The number of benzene rings is 2. The van der Waals surface area contributed by atoms with Crippen molar-refractivity contribution in [3.05, 3.63) is 77.6 Å². The second kappa shape index (κ2) is 9.82. The molecule has 1 aromatic heterocycles. The van der Waals surface area contributed by atoms with Crippen LogP contribution in [0.5, 0.6) is 0 Å². The lowest BCUT2D eigenvalue weighted by atomic mass is 10.1. The predicted octanol–water partition coefficient (Wildman–Crippen LogP) is 3.30. The van der Waals surface area contributed by atoms with Gasteiger partial charge in [0, 0.05) is 5.56 Å². The lowest BCUT2D eigenvalue weighted by Gasteiger charge is -2.21. The molecule has 0 spiro atoms. The van der Waals surface area contributed by atoms with Gasteiger partial charge < -0.3 is 24.5 Å². The second-order valence-electron chi connectivity index (χ2n) is 7.00. The summed E-state index contributed by atoms with van der Waals surface area (Å²) in [6.45, 7) is 1.52. The summed E-state index contributed by atoms with van der Waals surface area (Å²) in [5, 5.41) is 5.00. The normalized spacial score (nSPS) is 13.2. The summed E-state index contributed by atoms with van der Waals surface area (Å²) >= 11 is 0. The van der Waals surface area contributed by atoms with Crippen molar-refractivity contribution in [3.8, 4) is 22.8 Å². The molecule has 3 aromatic rings. The topological polar surface area (TPSA) is 120 Å². The Hall–Kier alpha value is -4.40. The molecule has 1 aliphatic heterocycles. The molecular formula is C24H21N3O6. The average Bonchev–Trinajstić information content (AvgIpc) is 3.33. The van der Waals surface area contributed by atoms with E-state index < -0.39 is 18.0 Å². The van der Waals surface area contributed by atoms with Gasteiger partial charge in [0.15, 0.2) is 5.76 Å². The first-order valence-corrected chi connectivity index (χ1v) is 10.3. The Morgan fingerprint density at radius 3 is 2.58 bits per heavy atom. The molecule has 2 heterocycles. The van der Waals surface area contributed by atoms with Crippen LogP contribution < -0.4 is 10.6 Å². The van der Waals surface area contributed by atoms with Crippen LogP contribution in [0, 0.1) is 0 Å². The molecule has 0 saturated carbocycles. The highest BCUT2D eigenvalue weighted by molar-refractivity contribution is 5.97. The van der Waals surface area contributed by atoms with Gasteiger partial charge in [0.05, 0.1) is 41.7 Å². The van der Waals surface area contributed by atoms with Crippen LogP contribution in [0.2, 0.25) is 0 Å². The van der Waals surface area contributed by atoms with E-state index in [1.807, 2.05) is 30.3 Å². The maximum absolute atomic E-state index is 12.9. The third-order valence-electron chi connectivity index (χ3n) is 4.87. The fraction of sp³-hybridized carbons (Fsp3) is 0.167. The van der Waals surface area contributed by atoms with Gasteiger partial charge in [-0.2, -0.15) is 0 Å². The summed E-state index contributed by atoms with van der Waals surface area (Å²) in [5.74, 6) is -0.420. The summed E-state index contributed by atoms with van der Waals surface area (Å²) < 4.78 is 16.3. The lowest BCUT2D eigenvalue weighted by Crippen LogP contribution is -2.45. The van der Waals surface area contributed by atoms with Crippen LogP contribution in [-0.2, 0) is 14.3 Å². The summed E-state index contributed by atoms with van der Waals surface area (Å²) in [7, 11) is 0. The molecule has 2 aromatic carbocycles. The number of urea groups is 1. The largest absolute Gasteiger partial charge is 0.463 e. The van der Waals surface area contributed by atoms with Crippen LogP contribution in [-0.4, -0.2) is 42.7 Å². The highest BCUT2D eigenvalue weighted by Crippen LogP contribution is 2.28. The third kappa shape index (κ3) is 4.93. The Morgan fingerprint density at radius 1 is 1.03 bits per heavy atom. The first kappa shape index (κ1) is 21.8. The van der Waals surface area contributed by atoms with Crippen molar-refractivity contribution in [2.75, 3.05) is 19.8 Å². The molecule has 0 atom stereocenters. The van der Waals surface area contributed by atoms with Crippen molar-refractivity contribution in [3.63, 3.8) is 0 Å².